The molecule has 6 nitrogen and oxygen atoms in total. The molecule has 0 atom stereocenters. The molecule has 2 rings (SSSR count). The van der Waals surface area contributed by atoms with Crippen LogP contribution in [0.3, 0.4) is 0 Å². The standard InChI is InChI=1S/C20H30F3N3O3/c1-24-19(25-9-2-10-29-18-7-11-27-12-8-18)26-13-16-3-5-17(6-4-16)14-28-15-20(21,22)23/h3-6,18H,2,7-15H2,1H3,(H2,24,25,26). The summed E-state index contributed by atoms with van der Waals surface area (Å²) >= 11 is 0. The highest BCUT2D eigenvalue weighted by atomic mass is 19.4. The van der Waals surface area contributed by atoms with Crippen molar-refractivity contribution in [3.05, 3.63) is 35.4 Å². The SMILES string of the molecule is CN=C(NCCCOC1CCOCC1)NCc1ccc(COCC(F)(F)F)cc1. The maximum Gasteiger partial charge on any atom is 0.411 e. The molecule has 1 aromatic carbocycles. The number of benzene rings is 1. The average molecular weight is 417 g/mol. The molecule has 29 heavy (non-hydrogen) atoms. The van der Waals surface area contributed by atoms with Gasteiger partial charge < -0.3 is 24.8 Å². The third kappa shape index (κ3) is 10.5. The second kappa shape index (κ2) is 12.7. The third-order valence-electron chi connectivity index (χ3n) is 4.38. The summed E-state index contributed by atoms with van der Waals surface area (Å²) < 4.78 is 52.1. The van der Waals surface area contributed by atoms with Crippen LogP contribution in [-0.4, -0.2) is 58.3 Å². The molecular formula is C20H30F3N3O3. The van der Waals surface area contributed by atoms with Crippen LogP contribution >= 0.6 is 0 Å². The number of alkyl halides is 3. The lowest BCUT2D eigenvalue weighted by molar-refractivity contribution is -0.176. The van der Waals surface area contributed by atoms with Gasteiger partial charge in [-0.25, -0.2) is 0 Å². The van der Waals surface area contributed by atoms with Crippen LogP contribution < -0.4 is 10.6 Å². The molecule has 1 fully saturated rings. The summed E-state index contributed by atoms with van der Waals surface area (Å²) in [6, 6.07) is 7.23. The Morgan fingerprint density at radius 2 is 1.83 bits per heavy atom. The van der Waals surface area contributed by atoms with Gasteiger partial charge in [-0.15, -0.1) is 0 Å². The summed E-state index contributed by atoms with van der Waals surface area (Å²) in [6.07, 6.45) is -1.19. The minimum atomic E-state index is -4.30. The molecule has 9 heteroatoms. The lowest BCUT2D eigenvalue weighted by Crippen LogP contribution is -2.37. The Morgan fingerprint density at radius 1 is 1.14 bits per heavy atom. The second-order valence-corrected chi connectivity index (χ2v) is 6.81. The predicted molar refractivity (Wildman–Crippen MR) is 105 cm³/mol. The second-order valence-electron chi connectivity index (χ2n) is 6.81. The van der Waals surface area contributed by atoms with Crippen LogP contribution in [0.1, 0.15) is 30.4 Å². The molecule has 0 unspecified atom stereocenters. The summed E-state index contributed by atoms with van der Waals surface area (Å²) in [5.41, 5.74) is 1.69. The number of ether oxygens (including phenoxy) is 3. The molecule has 1 aliphatic rings. The van der Waals surface area contributed by atoms with E-state index in [1.54, 1.807) is 19.2 Å². The Balaban J connectivity index is 1.59. The highest BCUT2D eigenvalue weighted by molar-refractivity contribution is 5.79. The van der Waals surface area contributed by atoms with Gasteiger partial charge in [0.05, 0.1) is 12.7 Å². The zero-order chi connectivity index (χ0) is 21.0. The molecular weight excluding hydrogens is 387 g/mol. The van der Waals surface area contributed by atoms with Crippen LogP contribution in [0.25, 0.3) is 0 Å². The number of nitrogens with one attached hydrogen (secondary N) is 2. The molecule has 2 N–H and O–H groups in total. The van der Waals surface area contributed by atoms with E-state index in [1.807, 2.05) is 12.1 Å². The van der Waals surface area contributed by atoms with Gasteiger partial charge >= 0.3 is 6.18 Å². The first-order valence-electron chi connectivity index (χ1n) is 9.82. The number of halogens is 3. The van der Waals surface area contributed by atoms with Crippen LogP contribution in [0.4, 0.5) is 13.2 Å². The highest BCUT2D eigenvalue weighted by Gasteiger charge is 2.27. The lowest BCUT2D eigenvalue weighted by atomic mass is 10.1. The van der Waals surface area contributed by atoms with Gasteiger partial charge in [0.15, 0.2) is 5.96 Å². The van der Waals surface area contributed by atoms with Gasteiger partial charge in [0.1, 0.15) is 6.61 Å². The number of nitrogens with zero attached hydrogens (tertiary/aromatic N) is 1. The van der Waals surface area contributed by atoms with Crippen molar-refractivity contribution in [1.29, 1.82) is 0 Å². The monoisotopic (exact) mass is 417 g/mol. The molecule has 0 aromatic heterocycles. The van der Waals surface area contributed by atoms with Gasteiger partial charge in [-0.1, -0.05) is 24.3 Å². The zero-order valence-corrected chi connectivity index (χ0v) is 16.8. The van der Waals surface area contributed by atoms with Crippen molar-refractivity contribution in [1.82, 2.24) is 10.6 Å². The molecule has 0 radical (unpaired) electrons. The quantitative estimate of drug-likeness (QED) is 0.348. The maximum absolute atomic E-state index is 12.1. The first-order valence-corrected chi connectivity index (χ1v) is 9.82. The highest BCUT2D eigenvalue weighted by Crippen LogP contribution is 2.16. The van der Waals surface area contributed by atoms with Gasteiger partial charge in [0.25, 0.3) is 0 Å². The fourth-order valence-electron chi connectivity index (χ4n) is 2.82. The Kier molecular flexibility index (Phi) is 10.2. The van der Waals surface area contributed by atoms with E-state index in [0.717, 1.165) is 44.6 Å². The van der Waals surface area contributed by atoms with E-state index in [0.29, 0.717) is 30.8 Å². The lowest BCUT2D eigenvalue weighted by Gasteiger charge is -2.22. The largest absolute Gasteiger partial charge is 0.411 e. The Hall–Kier alpha value is -1.84. The van der Waals surface area contributed by atoms with Crippen molar-refractivity contribution in [2.24, 2.45) is 4.99 Å². The van der Waals surface area contributed by atoms with Gasteiger partial charge in [0, 0.05) is 40.0 Å². The van der Waals surface area contributed by atoms with Crippen molar-refractivity contribution in [2.45, 2.75) is 44.7 Å². The zero-order valence-electron chi connectivity index (χ0n) is 16.8. The van der Waals surface area contributed by atoms with E-state index in [1.165, 1.54) is 0 Å². The van der Waals surface area contributed by atoms with E-state index in [-0.39, 0.29) is 6.61 Å². The fourth-order valence-corrected chi connectivity index (χ4v) is 2.82. The minimum Gasteiger partial charge on any atom is -0.381 e. The van der Waals surface area contributed by atoms with E-state index in [9.17, 15) is 13.2 Å². The number of hydrogen-bond acceptors (Lipinski definition) is 4. The molecule has 164 valence electrons. The van der Waals surface area contributed by atoms with Gasteiger partial charge in [-0.2, -0.15) is 13.2 Å². The fraction of sp³-hybridized carbons (Fsp3) is 0.650. The molecule has 1 aromatic rings. The summed E-state index contributed by atoms with van der Waals surface area (Å²) in [4.78, 5) is 4.18. The Bertz CT molecular complexity index is 603. The summed E-state index contributed by atoms with van der Waals surface area (Å²) in [5.74, 6) is 0.689. The summed E-state index contributed by atoms with van der Waals surface area (Å²) in [6.45, 7) is 2.26. The Morgan fingerprint density at radius 3 is 2.48 bits per heavy atom. The van der Waals surface area contributed by atoms with Crippen LogP contribution in [0.5, 0.6) is 0 Å². The average Bonchev–Trinajstić information content (AvgIpc) is 2.71. The number of guanidine groups is 1. The molecule has 0 aliphatic carbocycles. The molecule has 0 bridgehead atoms. The smallest absolute Gasteiger partial charge is 0.381 e. The van der Waals surface area contributed by atoms with Crippen LogP contribution in [0.15, 0.2) is 29.3 Å². The first kappa shape index (κ1) is 23.4. The first-order chi connectivity index (χ1) is 14.0. The molecule has 0 amide bonds. The molecule has 1 heterocycles. The normalized spacial score (nSPS) is 16.1. The maximum atomic E-state index is 12.1. The van der Waals surface area contributed by atoms with Gasteiger partial charge in [-0.05, 0) is 30.4 Å². The summed E-state index contributed by atoms with van der Waals surface area (Å²) in [7, 11) is 1.70. The van der Waals surface area contributed by atoms with E-state index in [4.69, 9.17) is 9.47 Å². The molecule has 0 spiro atoms. The van der Waals surface area contributed by atoms with E-state index >= 15 is 0 Å². The van der Waals surface area contributed by atoms with Crippen LogP contribution in [0, 0.1) is 0 Å². The number of aliphatic imine (C=N–C) groups is 1. The van der Waals surface area contributed by atoms with Gasteiger partial charge in [-0.3, -0.25) is 4.99 Å². The van der Waals surface area contributed by atoms with Gasteiger partial charge in [0.2, 0.25) is 0 Å². The molecule has 1 aliphatic heterocycles. The van der Waals surface area contributed by atoms with E-state index < -0.39 is 12.8 Å². The van der Waals surface area contributed by atoms with Crippen LogP contribution in [0.2, 0.25) is 0 Å². The Labute approximate surface area is 169 Å². The topological polar surface area (TPSA) is 64.1 Å². The summed E-state index contributed by atoms with van der Waals surface area (Å²) in [5, 5.41) is 6.45. The van der Waals surface area contributed by atoms with E-state index in [2.05, 4.69) is 20.4 Å². The molecule has 1 saturated heterocycles. The van der Waals surface area contributed by atoms with Crippen LogP contribution in [-0.2, 0) is 27.4 Å². The minimum absolute atomic E-state index is 0.0631. The van der Waals surface area contributed by atoms with Crippen molar-refractivity contribution in [3.63, 3.8) is 0 Å². The van der Waals surface area contributed by atoms with Crippen molar-refractivity contribution in [3.8, 4) is 0 Å². The van der Waals surface area contributed by atoms with Crippen molar-refractivity contribution >= 4 is 5.96 Å². The predicted octanol–water partition coefficient (Wildman–Crippen LogP) is 3.02. The number of hydrogen-bond donors (Lipinski definition) is 2. The van der Waals surface area contributed by atoms with Crippen molar-refractivity contribution in [2.75, 3.05) is 40.0 Å². The number of rotatable bonds is 10. The molecule has 0 saturated carbocycles. The van der Waals surface area contributed by atoms with Crippen molar-refractivity contribution < 1.29 is 27.4 Å². The third-order valence-corrected chi connectivity index (χ3v) is 4.38.